The fourth-order valence-electron chi connectivity index (χ4n) is 0.828. The monoisotopic (exact) mass is 210 g/mol. The molecule has 0 fully saturated rings. The average molecular weight is 210 g/mol. The number of hydrogen-bond acceptors (Lipinski definition) is 5. The second kappa shape index (κ2) is 3.92. The maximum atomic E-state index is 11.2. The fourth-order valence-corrected chi connectivity index (χ4v) is 1.43. The third kappa shape index (κ3) is 2.11. The van der Waals surface area contributed by atoms with Gasteiger partial charge in [-0.2, -0.15) is 0 Å². The molecule has 0 aliphatic rings. The first-order valence-electron chi connectivity index (χ1n) is 3.81. The fraction of sp³-hybridized carbons (Fsp3) is 0. The smallest absolute Gasteiger partial charge is 0.435 e. The standard InChI is InChI=1S/C8H6O5Si/c9-14(12-7-3-1-5-10-7)13-8-4-2-6-11-8/h1-6H. The van der Waals surface area contributed by atoms with Crippen LogP contribution >= 0.6 is 0 Å². The van der Waals surface area contributed by atoms with Crippen molar-refractivity contribution in [2.75, 3.05) is 0 Å². The van der Waals surface area contributed by atoms with Gasteiger partial charge in [0.25, 0.3) is 11.9 Å². The predicted octanol–water partition coefficient (Wildman–Crippen LogP) is 1.75. The average Bonchev–Trinajstić information content (AvgIpc) is 2.76. The molecule has 2 rings (SSSR count). The van der Waals surface area contributed by atoms with Gasteiger partial charge in [-0.15, -0.1) is 0 Å². The number of furan rings is 2. The summed E-state index contributed by atoms with van der Waals surface area (Å²) in [7, 11) is -2.67. The van der Waals surface area contributed by atoms with Crippen LogP contribution in [0.15, 0.2) is 45.6 Å². The van der Waals surface area contributed by atoms with Crippen molar-refractivity contribution in [3.8, 4) is 11.9 Å². The minimum absolute atomic E-state index is 0.153. The first kappa shape index (κ1) is 8.76. The van der Waals surface area contributed by atoms with Crippen molar-refractivity contribution >= 4 is 9.17 Å². The highest BCUT2D eigenvalue weighted by Crippen LogP contribution is 2.13. The van der Waals surface area contributed by atoms with Crippen LogP contribution in [0.2, 0.25) is 0 Å². The van der Waals surface area contributed by atoms with Crippen molar-refractivity contribution in [2.45, 2.75) is 0 Å². The molecule has 5 nitrogen and oxygen atoms in total. The molecule has 0 radical (unpaired) electrons. The van der Waals surface area contributed by atoms with E-state index >= 15 is 0 Å². The Hall–Kier alpha value is -1.82. The molecule has 0 atom stereocenters. The largest absolute Gasteiger partial charge is 0.783 e. The van der Waals surface area contributed by atoms with Crippen LogP contribution in [-0.4, -0.2) is 9.17 Å². The van der Waals surface area contributed by atoms with E-state index in [9.17, 15) is 4.46 Å². The van der Waals surface area contributed by atoms with Gasteiger partial charge < -0.3 is 17.7 Å². The summed E-state index contributed by atoms with van der Waals surface area (Å²) in [5, 5.41) is 0. The lowest BCUT2D eigenvalue weighted by atomic mass is 10.7. The summed E-state index contributed by atoms with van der Waals surface area (Å²) < 4.78 is 30.5. The van der Waals surface area contributed by atoms with Crippen molar-refractivity contribution in [3.63, 3.8) is 0 Å². The van der Waals surface area contributed by atoms with E-state index in [0.717, 1.165) is 0 Å². The summed E-state index contributed by atoms with van der Waals surface area (Å²) >= 11 is 0. The van der Waals surface area contributed by atoms with E-state index in [0.29, 0.717) is 0 Å². The number of hydrogen-bond donors (Lipinski definition) is 0. The van der Waals surface area contributed by atoms with E-state index in [2.05, 4.69) is 0 Å². The van der Waals surface area contributed by atoms with Gasteiger partial charge in [-0.25, -0.2) is 0 Å². The summed E-state index contributed by atoms with van der Waals surface area (Å²) in [6.07, 6.45) is 2.83. The molecule has 0 saturated carbocycles. The van der Waals surface area contributed by atoms with Crippen LogP contribution in [-0.2, 0) is 4.46 Å². The van der Waals surface area contributed by atoms with Gasteiger partial charge in [-0.3, -0.25) is 4.46 Å². The van der Waals surface area contributed by atoms with Crippen LogP contribution in [0.1, 0.15) is 0 Å². The molecule has 0 N–H and O–H groups in total. The van der Waals surface area contributed by atoms with Gasteiger partial charge >= 0.3 is 9.17 Å². The topological polar surface area (TPSA) is 61.8 Å². The molecule has 0 spiro atoms. The van der Waals surface area contributed by atoms with E-state index in [1.807, 2.05) is 0 Å². The van der Waals surface area contributed by atoms with Gasteiger partial charge in [-0.05, 0) is 12.1 Å². The lowest BCUT2D eigenvalue weighted by Crippen LogP contribution is -2.18. The first-order chi connectivity index (χ1) is 6.84. The second-order valence-corrected chi connectivity index (χ2v) is 3.23. The third-order valence-corrected chi connectivity index (χ3v) is 2.09. The van der Waals surface area contributed by atoms with Crippen LogP contribution in [0.4, 0.5) is 0 Å². The number of rotatable bonds is 4. The highest BCUT2D eigenvalue weighted by Gasteiger charge is 2.16. The molecule has 0 amide bonds. The van der Waals surface area contributed by atoms with Crippen molar-refractivity contribution in [1.29, 1.82) is 0 Å². The predicted molar refractivity (Wildman–Crippen MR) is 45.1 cm³/mol. The molecule has 0 saturated heterocycles. The second-order valence-electron chi connectivity index (χ2n) is 2.32. The Morgan fingerprint density at radius 3 is 1.86 bits per heavy atom. The van der Waals surface area contributed by atoms with Crippen LogP contribution in [0, 0.1) is 0 Å². The van der Waals surface area contributed by atoms with Gasteiger partial charge in [0.1, 0.15) is 0 Å². The quantitative estimate of drug-likeness (QED) is 0.719. The van der Waals surface area contributed by atoms with Crippen LogP contribution in [0.3, 0.4) is 0 Å². The Bertz CT molecular complexity index is 353. The molecule has 2 heterocycles. The summed E-state index contributed by atoms with van der Waals surface area (Å²) in [5.41, 5.74) is 0. The van der Waals surface area contributed by atoms with Crippen LogP contribution in [0.25, 0.3) is 0 Å². The molecule has 14 heavy (non-hydrogen) atoms. The first-order valence-corrected chi connectivity index (χ1v) is 5.04. The van der Waals surface area contributed by atoms with Gasteiger partial charge in [0.15, 0.2) is 0 Å². The summed E-state index contributed by atoms with van der Waals surface area (Å²) in [6.45, 7) is 0. The Labute approximate surface area is 80.8 Å². The Morgan fingerprint density at radius 1 is 1.00 bits per heavy atom. The Kier molecular flexibility index (Phi) is 2.46. The van der Waals surface area contributed by atoms with Gasteiger partial charge in [0.2, 0.25) is 0 Å². The molecular weight excluding hydrogens is 204 g/mol. The van der Waals surface area contributed by atoms with E-state index in [1.165, 1.54) is 24.7 Å². The third-order valence-electron chi connectivity index (χ3n) is 1.36. The summed E-state index contributed by atoms with van der Waals surface area (Å²) in [5.74, 6) is 0.306. The lowest BCUT2D eigenvalue weighted by Gasteiger charge is -1.97. The summed E-state index contributed by atoms with van der Waals surface area (Å²) in [4.78, 5) is 0. The van der Waals surface area contributed by atoms with E-state index in [-0.39, 0.29) is 11.9 Å². The highest BCUT2D eigenvalue weighted by molar-refractivity contribution is 6.28. The minimum Gasteiger partial charge on any atom is -0.435 e. The molecule has 2 aromatic rings. The van der Waals surface area contributed by atoms with Crippen LogP contribution < -0.4 is 8.85 Å². The molecular formula is C8H6O5Si. The molecule has 0 aliphatic carbocycles. The lowest BCUT2D eigenvalue weighted by molar-refractivity contribution is 0.272. The Morgan fingerprint density at radius 2 is 1.50 bits per heavy atom. The maximum Gasteiger partial charge on any atom is 0.783 e. The van der Waals surface area contributed by atoms with Crippen molar-refractivity contribution in [2.24, 2.45) is 0 Å². The van der Waals surface area contributed by atoms with E-state index in [4.69, 9.17) is 17.7 Å². The molecule has 6 heteroatoms. The van der Waals surface area contributed by atoms with E-state index in [1.54, 1.807) is 12.1 Å². The zero-order chi connectivity index (χ0) is 9.80. The molecule has 0 aromatic carbocycles. The molecule has 0 unspecified atom stereocenters. The van der Waals surface area contributed by atoms with Crippen molar-refractivity contribution in [1.82, 2.24) is 0 Å². The maximum absolute atomic E-state index is 11.2. The van der Waals surface area contributed by atoms with Crippen molar-refractivity contribution in [3.05, 3.63) is 36.8 Å². The molecule has 0 bridgehead atoms. The van der Waals surface area contributed by atoms with Crippen molar-refractivity contribution < 1.29 is 22.1 Å². The van der Waals surface area contributed by atoms with Gasteiger partial charge in [-0.1, -0.05) is 0 Å². The SMILES string of the molecule is O=[Si](Oc1ccco1)Oc1ccco1. The molecule has 72 valence electrons. The summed E-state index contributed by atoms with van der Waals surface area (Å²) in [6, 6.07) is 6.32. The van der Waals surface area contributed by atoms with Gasteiger partial charge in [0.05, 0.1) is 12.5 Å². The van der Waals surface area contributed by atoms with Crippen LogP contribution in [0.5, 0.6) is 11.9 Å². The normalized spacial score (nSPS) is 9.71. The Balaban J connectivity index is 1.91. The zero-order valence-corrected chi connectivity index (χ0v) is 8.01. The van der Waals surface area contributed by atoms with Gasteiger partial charge in [0, 0.05) is 12.1 Å². The highest BCUT2D eigenvalue weighted by atomic mass is 28.3. The minimum atomic E-state index is -2.67. The van der Waals surface area contributed by atoms with E-state index < -0.39 is 9.17 Å². The molecule has 0 aliphatic heterocycles. The molecule has 2 aromatic heterocycles. The zero-order valence-electron chi connectivity index (χ0n) is 7.01.